The molecule has 1 amide bonds. The third-order valence-electron chi connectivity index (χ3n) is 4.11. The van der Waals surface area contributed by atoms with Gasteiger partial charge in [-0.1, -0.05) is 11.2 Å². The van der Waals surface area contributed by atoms with Crippen LogP contribution in [0.15, 0.2) is 27.6 Å². The van der Waals surface area contributed by atoms with E-state index in [0.29, 0.717) is 24.5 Å². The molecule has 3 rings (SSSR count). The Bertz CT molecular complexity index is 934. The summed E-state index contributed by atoms with van der Waals surface area (Å²) in [5.41, 5.74) is 1.22. The number of ether oxygens (including phenoxy) is 2. The van der Waals surface area contributed by atoms with Crippen LogP contribution in [-0.2, 0) is 21.2 Å². The topological polar surface area (TPSA) is 120 Å². The molecular weight excluding hydrogens is 374 g/mol. The van der Waals surface area contributed by atoms with Gasteiger partial charge in [-0.3, -0.25) is 4.79 Å². The Balaban J connectivity index is 1.53. The first-order valence-electron chi connectivity index (χ1n) is 8.39. The highest BCUT2D eigenvalue weighted by atomic mass is 32.2. The lowest BCUT2D eigenvalue weighted by Crippen LogP contribution is -2.45. The minimum atomic E-state index is -3.90. The van der Waals surface area contributed by atoms with E-state index in [4.69, 9.17) is 14.0 Å². The summed E-state index contributed by atoms with van der Waals surface area (Å²) in [6, 6.07) is 4.63. The minimum Gasteiger partial charge on any atom is -0.454 e. The molecule has 1 aliphatic rings. The molecule has 0 aliphatic carbocycles. The second-order valence-corrected chi connectivity index (χ2v) is 7.88. The lowest BCUT2D eigenvalue weighted by atomic mass is 10.1. The number of sulfonamides is 1. The summed E-state index contributed by atoms with van der Waals surface area (Å²) in [7, 11) is -3.90. The number of amides is 1. The lowest BCUT2D eigenvalue weighted by Gasteiger charge is -2.14. The van der Waals surface area contributed by atoms with Crippen molar-refractivity contribution in [3.05, 3.63) is 35.2 Å². The van der Waals surface area contributed by atoms with Crippen LogP contribution in [0, 0.1) is 13.8 Å². The van der Waals surface area contributed by atoms with Gasteiger partial charge in [0.15, 0.2) is 17.3 Å². The molecule has 2 aromatic rings. The van der Waals surface area contributed by atoms with Crippen LogP contribution >= 0.6 is 0 Å². The average molecular weight is 395 g/mol. The van der Waals surface area contributed by atoms with Crippen molar-refractivity contribution >= 4 is 15.9 Å². The fraction of sp³-hybridized carbons (Fsp3) is 0.412. The standard InChI is InChI=1S/C17H21N3O6S/c1-10-16(12(3)26-19-10)27(22,23)20-11(2)17(21)18-7-6-13-4-5-14-15(8-13)25-9-24-14/h4-5,8,11,20H,6-7,9H2,1-3H3,(H,18,21)/t11-/m0/s1. The second-order valence-electron chi connectivity index (χ2n) is 6.22. The highest BCUT2D eigenvalue weighted by Gasteiger charge is 2.28. The van der Waals surface area contributed by atoms with E-state index in [2.05, 4.69) is 15.2 Å². The van der Waals surface area contributed by atoms with Crippen LogP contribution in [-0.4, -0.2) is 38.9 Å². The molecule has 1 aliphatic heterocycles. The molecule has 2 N–H and O–H groups in total. The summed E-state index contributed by atoms with van der Waals surface area (Å²) in [5, 5.41) is 6.35. The van der Waals surface area contributed by atoms with Crippen molar-refractivity contribution in [3.63, 3.8) is 0 Å². The van der Waals surface area contributed by atoms with Crippen molar-refractivity contribution < 1.29 is 27.2 Å². The van der Waals surface area contributed by atoms with Crippen LogP contribution in [0.3, 0.4) is 0 Å². The van der Waals surface area contributed by atoms with E-state index in [1.165, 1.54) is 20.8 Å². The van der Waals surface area contributed by atoms with E-state index in [9.17, 15) is 13.2 Å². The fourth-order valence-corrected chi connectivity index (χ4v) is 4.32. The van der Waals surface area contributed by atoms with Crippen LogP contribution in [0.4, 0.5) is 0 Å². The molecule has 0 spiro atoms. The van der Waals surface area contributed by atoms with Gasteiger partial charge in [-0.2, -0.15) is 4.72 Å². The Morgan fingerprint density at radius 2 is 2.00 bits per heavy atom. The van der Waals surface area contributed by atoms with Crippen molar-refractivity contribution in [2.45, 2.75) is 38.1 Å². The fourth-order valence-electron chi connectivity index (χ4n) is 2.78. The molecule has 2 heterocycles. The first-order valence-corrected chi connectivity index (χ1v) is 9.87. The number of aryl methyl sites for hydroxylation is 2. The maximum absolute atomic E-state index is 12.4. The van der Waals surface area contributed by atoms with Gasteiger partial charge in [0.25, 0.3) is 0 Å². The lowest BCUT2D eigenvalue weighted by molar-refractivity contribution is -0.122. The Hall–Kier alpha value is -2.59. The number of nitrogens with zero attached hydrogens (tertiary/aromatic N) is 1. The number of carbonyl (C=O) groups is 1. The monoisotopic (exact) mass is 395 g/mol. The van der Waals surface area contributed by atoms with Gasteiger partial charge in [0.1, 0.15) is 10.6 Å². The number of rotatable bonds is 7. The summed E-state index contributed by atoms with van der Waals surface area (Å²) in [4.78, 5) is 12.2. The highest BCUT2D eigenvalue weighted by Crippen LogP contribution is 2.32. The van der Waals surface area contributed by atoms with Gasteiger partial charge in [-0.25, -0.2) is 8.42 Å². The van der Waals surface area contributed by atoms with Gasteiger partial charge in [-0.15, -0.1) is 0 Å². The third-order valence-corrected chi connectivity index (χ3v) is 5.90. The zero-order chi connectivity index (χ0) is 19.6. The molecule has 0 unspecified atom stereocenters. The summed E-state index contributed by atoms with van der Waals surface area (Å²) < 4.78 is 42.7. The number of carbonyl (C=O) groups excluding carboxylic acids is 1. The number of aromatic nitrogens is 1. The van der Waals surface area contributed by atoms with Crippen LogP contribution < -0.4 is 19.5 Å². The molecule has 0 bridgehead atoms. The summed E-state index contributed by atoms with van der Waals surface area (Å²) >= 11 is 0. The van der Waals surface area contributed by atoms with Crippen LogP contribution in [0.25, 0.3) is 0 Å². The van der Waals surface area contributed by atoms with Crippen LogP contribution in [0.2, 0.25) is 0 Å². The van der Waals surface area contributed by atoms with Crippen molar-refractivity contribution in [1.82, 2.24) is 15.2 Å². The first-order chi connectivity index (χ1) is 12.8. The normalized spacial score (nSPS) is 14.2. The molecular formula is C17H21N3O6S. The quantitative estimate of drug-likeness (QED) is 0.719. The van der Waals surface area contributed by atoms with Gasteiger partial charge in [0.05, 0.1) is 6.04 Å². The Kier molecular flexibility index (Phi) is 5.38. The molecule has 0 radical (unpaired) electrons. The van der Waals surface area contributed by atoms with Gasteiger partial charge >= 0.3 is 0 Å². The van der Waals surface area contributed by atoms with Crippen LogP contribution in [0.1, 0.15) is 23.9 Å². The molecule has 1 aromatic heterocycles. The zero-order valence-electron chi connectivity index (χ0n) is 15.2. The van der Waals surface area contributed by atoms with E-state index in [0.717, 1.165) is 5.56 Å². The molecule has 1 aromatic carbocycles. The van der Waals surface area contributed by atoms with Crippen LogP contribution in [0.5, 0.6) is 11.5 Å². The largest absolute Gasteiger partial charge is 0.454 e. The zero-order valence-corrected chi connectivity index (χ0v) is 16.1. The molecule has 10 heteroatoms. The molecule has 1 atom stereocenters. The summed E-state index contributed by atoms with van der Waals surface area (Å²) in [6.45, 7) is 5.08. The summed E-state index contributed by atoms with van der Waals surface area (Å²) in [6.07, 6.45) is 0.575. The Morgan fingerprint density at radius 1 is 1.26 bits per heavy atom. The maximum Gasteiger partial charge on any atom is 0.246 e. The number of nitrogens with one attached hydrogen (secondary N) is 2. The van der Waals surface area contributed by atoms with E-state index in [1.54, 1.807) is 0 Å². The molecule has 27 heavy (non-hydrogen) atoms. The summed E-state index contributed by atoms with van der Waals surface area (Å²) in [5.74, 6) is 1.13. The smallest absolute Gasteiger partial charge is 0.246 e. The molecule has 0 saturated carbocycles. The van der Waals surface area contributed by atoms with E-state index >= 15 is 0 Å². The first kappa shape index (κ1) is 19.2. The number of hydrogen-bond donors (Lipinski definition) is 2. The third kappa shape index (κ3) is 4.22. The van der Waals surface area contributed by atoms with Gasteiger partial charge < -0.3 is 19.3 Å². The Labute approximate surface area is 157 Å². The number of hydrogen-bond acceptors (Lipinski definition) is 7. The van der Waals surface area contributed by atoms with Gasteiger partial charge in [-0.05, 0) is 44.9 Å². The number of benzene rings is 1. The van der Waals surface area contributed by atoms with Crippen molar-refractivity contribution in [2.75, 3.05) is 13.3 Å². The SMILES string of the molecule is Cc1noc(C)c1S(=O)(=O)N[C@@H](C)C(=O)NCCc1ccc2c(c1)OCO2. The van der Waals surface area contributed by atoms with Crippen molar-refractivity contribution in [1.29, 1.82) is 0 Å². The Morgan fingerprint density at radius 3 is 2.70 bits per heavy atom. The maximum atomic E-state index is 12.4. The van der Waals surface area contributed by atoms with Crippen molar-refractivity contribution in [2.24, 2.45) is 0 Å². The van der Waals surface area contributed by atoms with Gasteiger partial charge in [0.2, 0.25) is 22.7 Å². The minimum absolute atomic E-state index is 0.0393. The number of fused-ring (bicyclic) bond motifs is 1. The highest BCUT2D eigenvalue weighted by molar-refractivity contribution is 7.89. The molecule has 146 valence electrons. The van der Waals surface area contributed by atoms with Gasteiger partial charge in [0, 0.05) is 6.54 Å². The molecule has 0 fully saturated rings. The predicted molar refractivity (Wildman–Crippen MR) is 95.0 cm³/mol. The predicted octanol–water partition coefficient (Wildman–Crippen LogP) is 1.05. The van der Waals surface area contributed by atoms with E-state index in [1.807, 2.05) is 18.2 Å². The average Bonchev–Trinajstić information content (AvgIpc) is 3.20. The van der Waals surface area contributed by atoms with E-state index in [-0.39, 0.29) is 23.1 Å². The molecule has 0 saturated heterocycles. The molecule has 9 nitrogen and oxygen atoms in total. The van der Waals surface area contributed by atoms with Crippen molar-refractivity contribution in [3.8, 4) is 11.5 Å². The van der Waals surface area contributed by atoms with E-state index < -0.39 is 22.0 Å². The second kappa shape index (κ2) is 7.57.